The molecule has 1 aliphatic carbocycles. The summed E-state index contributed by atoms with van der Waals surface area (Å²) < 4.78 is 16.5. The van der Waals surface area contributed by atoms with Gasteiger partial charge in [0.1, 0.15) is 0 Å². The highest BCUT2D eigenvalue weighted by Gasteiger charge is 2.55. The van der Waals surface area contributed by atoms with Gasteiger partial charge >= 0.3 is 0 Å². The number of ether oxygens (including phenoxy) is 3. The summed E-state index contributed by atoms with van der Waals surface area (Å²) in [5.74, 6) is 1.27. The van der Waals surface area contributed by atoms with Gasteiger partial charge in [0.25, 0.3) is 0 Å². The Bertz CT molecular complexity index is 718. The van der Waals surface area contributed by atoms with Crippen molar-refractivity contribution in [3.63, 3.8) is 0 Å². The Morgan fingerprint density at radius 3 is 2.52 bits per heavy atom. The Labute approximate surface area is 147 Å². The molecule has 4 rings (SSSR count). The molecule has 2 heterocycles. The highest BCUT2D eigenvalue weighted by Crippen LogP contribution is 2.55. The predicted molar refractivity (Wildman–Crippen MR) is 91.9 cm³/mol. The number of nitrogens with zero attached hydrogens (tertiary/aromatic N) is 1. The largest absolute Gasteiger partial charge is 0.493 e. The third-order valence-corrected chi connectivity index (χ3v) is 6.03. The minimum Gasteiger partial charge on any atom is -0.493 e. The summed E-state index contributed by atoms with van der Waals surface area (Å²) in [4.78, 5) is 2.32. The van der Waals surface area contributed by atoms with Crippen molar-refractivity contribution in [1.82, 2.24) is 4.90 Å². The average molecular weight is 347 g/mol. The van der Waals surface area contributed by atoms with Crippen LogP contribution in [-0.2, 0) is 10.3 Å². The van der Waals surface area contributed by atoms with Gasteiger partial charge in [-0.3, -0.25) is 4.90 Å². The van der Waals surface area contributed by atoms with Crippen molar-refractivity contribution in [2.45, 2.75) is 36.7 Å². The standard InChI is InChI=1S/C19H25NO5/c1-23-16-7-12-13(8-17(16)24-2)19-9-18(25-3)14(21)6-11(19)4-5-20(19)10-15(12)22/h6-8,14-15,18,21-22H,4-5,9-10H2,1-3H3. The van der Waals surface area contributed by atoms with Crippen LogP contribution in [-0.4, -0.2) is 61.7 Å². The average Bonchev–Trinajstić information content (AvgIpc) is 2.98. The van der Waals surface area contributed by atoms with Crippen LogP contribution in [0.1, 0.15) is 30.1 Å². The first-order chi connectivity index (χ1) is 12.0. The second-order valence-corrected chi connectivity index (χ2v) is 7.03. The zero-order valence-corrected chi connectivity index (χ0v) is 14.9. The van der Waals surface area contributed by atoms with Crippen LogP contribution < -0.4 is 9.47 Å². The molecule has 3 aliphatic rings. The van der Waals surface area contributed by atoms with Crippen molar-refractivity contribution in [3.8, 4) is 11.5 Å². The molecular formula is C19H25NO5. The van der Waals surface area contributed by atoms with Gasteiger partial charge in [-0.15, -0.1) is 0 Å². The summed E-state index contributed by atoms with van der Waals surface area (Å²) in [6, 6.07) is 3.86. The smallest absolute Gasteiger partial charge is 0.161 e. The van der Waals surface area contributed by atoms with E-state index in [9.17, 15) is 10.2 Å². The van der Waals surface area contributed by atoms with Crippen LogP contribution in [0, 0.1) is 0 Å². The molecule has 25 heavy (non-hydrogen) atoms. The fourth-order valence-electron chi connectivity index (χ4n) is 4.82. The van der Waals surface area contributed by atoms with Crippen molar-refractivity contribution in [2.24, 2.45) is 0 Å². The topological polar surface area (TPSA) is 71.4 Å². The number of hydrogen-bond donors (Lipinski definition) is 2. The normalized spacial score (nSPS) is 34.0. The van der Waals surface area contributed by atoms with E-state index in [1.54, 1.807) is 21.3 Å². The third-order valence-electron chi connectivity index (χ3n) is 6.03. The van der Waals surface area contributed by atoms with E-state index in [4.69, 9.17) is 14.2 Å². The van der Waals surface area contributed by atoms with E-state index in [2.05, 4.69) is 4.90 Å². The number of benzene rings is 1. The number of hydrogen-bond acceptors (Lipinski definition) is 6. The van der Waals surface area contributed by atoms with Gasteiger partial charge in [-0.1, -0.05) is 6.08 Å². The Balaban J connectivity index is 1.94. The number of aliphatic hydroxyl groups is 2. The summed E-state index contributed by atoms with van der Waals surface area (Å²) in [7, 11) is 4.85. The van der Waals surface area contributed by atoms with Crippen molar-refractivity contribution in [3.05, 3.63) is 34.9 Å². The van der Waals surface area contributed by atoms with Crippen molar-refractivity contribution in [1.29, 1.82) is 0 Å². The second-order valence-electron chi connectivity index (χ2n) is 7.03. The highest BCUT2D eigenvalue weighted by molar-refractivity contribution is 5.56. The lowest BCUT2D eigenvalue weighted by Crippen LogP contribution is -2.53. The number of methoxy groups -OCH3 is 3. The van der Waals surface area contributed by atoms with Crippen LogP contribution in [0.15, 0.2) is 23.8 Å². The maximum Gasteiger partial charge on any atom is 0.161 e. The Kier molecular flexibility index (Phi) is 4.03. The van der Waals surface area contributed by atoms with Crippen LogP contribution in [0.25, 0.3) is 0 Å². The minimum absolute atomic E-state index is 0.277. The minimum atomic E-state index is -0.596. The molecule has 4 unspecified atom stereocenters. The number of rotatable bonds is 3. The molecule has 0 aromatic heterocycles. The lowest BCUT2D eigenvalue weighted by molar-refractivity contribution is -0.0453. The van der Waals surface area contributed by atoms with Crippen LogP contribution in [0.3, 0.4) is 0 Å². The molecule has 0 bridgehead atoms. The van der Waals surface area contributed by atoms with Crippen molar-refractivity contribution >= 4 is 0 Å². The zero-order valence-electron chi connectivity index (χ0n) is 14.9. The van der Waals surface area contributed by atoms with E-state index in [0.29, 0.717) is 24.5 Å². The summed E-state index contributed by atoms with van der Waals surface area (Å²) >= 11 is 0. The second kappa shape index (κ2) is 5.99. The lowest BCUT2D eigenvalue weighted by atomic mass is 9.69. The van der Waals surface area contributed by atoms with Crippen LogP contribution in [0.5, 0.6) is 11.5 Å². The maximum atomic E-state index is 10.7. The van der Waals surface area contributed by atoms with E-state index in [1.165, 1.54) is 5.57 Å². The Hall–Kier alpha value is -1.60. The van der Waals surface area contributed by atoms with Gasteiger partial charge < -0.3 is 24.4 Å². The van der Waals surface area contributed by atoms with E-state index in [1.807, 2.05) is 18.2 Å². The molecule has 1 aromatic carbocycles. The predicted octanol–water partition coefficient (Wildman–Crippen LogP) is 1.36. The van der Waals surface area contributed by atoms with Gasteiger partial charge in [0.05, 0.1) is 38.1 Å². The van der Waals surface area contributed by atoms with Gasteiger partial charge in [0, 0.05) is 26.6 Å². The summed E-state index contributed by atoms with van der Waals surface area (Å²) in [6.07, 6.45) is 2.03. The highest BCUT2D eigenvalue weighted by atomic mass is 16.5. The van der Waals surface area contributed by atoms with Crippen LogP contribution in [0.4, 0.5) is 0 Å². The molecule has 6 heteroatoms. The van der Waals surface area contributed by atoms with E-state index >= 15 is 0 Å². The van der Waals surface area contributed by atoms with Gasteiger partial charge in [0.2, 0.25) is 0 Å². The Morgan fingerprint density at radius 2 is 1.84 bits per heavy atom. The molecule has 2 N–H and O–H groups in total. The molecule has 0 saturated carbocycles. The van der Waals surface area contributed by atoms with Gasteiger partial charge in [-0.25, -0.2) is 0 Å². The summed E-state index contributed by atoms with van der Waals surface area (Å²) in [5.41, 5.74) is 2.75. The third kappa shape index (κ3) is 2.25. The quantitative estimate of drug-likeness (QED) is 0.805. The van der Waals surface area contributed by atoms with Crippen molar-refractivity contribution in [2.75, 3.05) is 34.4 Å². The molecule has 0 radical (unpaired) electrons. The number of fused-ring (bicyclic) bond motifs is 1. The molecular weight excluding hydrogens is 322 g/mol. The van der Waals surface area contributed by atoms with Gasteiger partial charge in [-0.2, -0.15) is 0 Å². The first kappa shape index (κ1) is 16.8. The number of aliphatic hydroxyl groups excluding tert-OH is 2. The summed E-state index contributed by atoms with van der Waals surface area (Å²) in [6.45, 7) is 1.42. The molecule has 1 aromatic rings. The molecule has 2 aliphatic heterocycles. The zero-order chi connectivity index (χ0) is 17.8. The Morgan fingerprint density at radius 1 is 1.12 bits per heavy atom. The van der Waals surface area contributed by atoms with E-state index < -0.39 is 12.2 Å². The van der Waals surface area contributed by atoms with Gasteiger partial charge in [-0.05, 0) is 35.3 Å². The molecule has 1 saturated heterocycles. The molecule has 1 fully saturated rings. The molecule has 1 spiro atoms. The van der Waals surface area contributed by atoms with E-state index in [0.717, 1.165) is 24.1 Å². The van der Waals surface area contributed by atoms with Gasteiger partial charge in [0.15, 0.2) is 11.5 Å². The molecule has 0 amide bonds. The fourth-order valence-corrected chi connectivity index (χ4v) is 4.82. The maximum absolute atomic E-state index is 10.7. The monoisotopic (exact) mass is 347 g/mol. The fraction of sp³-hybridized carbons (Fsp3) is 0.579. The SMILES string of the molecule is COc1cc2c(cc1OC)C13CC(OC)C(O)C=C1CCN3CC2O. The summed E-state index contributed by atoms with van der Waals surface area (Å²) in [5, 5.41) is 21.1. The molecule has 4 atom stereocenters. The first-order valence-corrected chi connectivity index (χ1v) is 8.66. The lowest BCUT2D eigenvalue weighted by Gasteiger charge is -2.50. The first-order valence-electron chi connectivity index (χ1n) is 8.66. The van der Waals surface area contributed by atoms with E-state index in [-0.39, 0.29) is 11.6 Å². The van der Waals surface area contributed by atoms with Crippen LogP contribution in [0.2, 0.25) is 0 Å². The molecule has 136 valence electrons. The molecule has 6 nitrogen and oxygen atoms in total. The van der Waals surface area contributed by atoms with Crippen LogP contribution >= 0.6 is 0 Å². The van der Waals surface area contributed by atoms with Crippen molar-refractivity contribution < 1.29 is 24.4 Å².